The summed E-state index contributed by atoms with van der Waals surface area (Å²) in [5.74, 6) is 0.905. The predicted molar refractivity (Wildman–Crippen MR) is 409 cm³/mol. The van der Waals surface area contributed by atoms with Gasteiger partial charge in [-0.3, -0.25) is 29.1 Å². The maximum Gasteiger partial charge on any atom is 0.307 e. The number of nitrogens with one attached hydrogen (secondary N) is 5. The molecule has 10 aliphatic rings. The Balaban J connectivity index is 0.000000203. The zero-order chi connectivity index (χ0) is 78.5. The van der Waals surface area contributed by atoms with E-state index in [0.29, 0.717) is 99.2 Å². The molecule has 0 radical (unpaired) electrons. The van der Waals surface area contributed by atoms with E-state index in [9.17, 15) is 34.2 Å². The number of ether oxygens (including phenoxy) is 5. The summed E-state index contributed by atoms with van der Waals surface area (Å²) < 4.78 is 35.5. The highest BCUT2D eigenvalue weighted by Gasteiger charge is 2.75. The number of hydrogen-bond acceptors (Lipinski definition) is 16. The average molecular weight is 1480 g/mol. The maximum atomic E-state index is 13.5. The molecule has 7 N–H and O–H groups in total. The van der Waals surface area contributed by atoms with Gasteiger partial charge in [0.15, 0.2) is 0 Å². The Morgan fingerprint density at radius 3 is 1.43 bits per heavy atom. The number of likely N-dealkylation sites (N-methyl/N-ethyl adjacent to an activating group) is 2. The lowest BCUT2D eigenvalue weighted by Gasteiger charge is -2.71. The molecule has 0 aromatic carbocycles. The number of fused-ring (bicyclic) bond motifs is 6. The summed E-state index contributed by atoms with van der Waals surface area (Å²) in [4.78, 5) is 71.4. The number of nitrogens with zero attached hydrogens (tertiary/aromatic N) is 5. The Labute approximate surface area is 634 Å². The van der Waals surface area contributed by atoms with Crippen molar-refractivity contribution in [3.63, 3.8) is 0 Å². The van der Waals surface area contributed by atoms with E-state index in [1.165, 1.54) is 37.8 Å². The van der Waals surface area contributed by atoms with Crippen molar-refractivity contribution >= 4 is 29.7 Å². The van der Waals surface area contributed by atoms with E-state index in [2.05, 4.69) is 192 Å². The number of H-pyrrole nitrogens is 1. The monoisotopic (exact) mass is 1480 g/mol. The molecule has 596 valence electrons. The van der Waals surface area contributed by atoms with Gasteiger partial charge in [0.05, 0.1) is 63.6 Å². The van der Waals surface area contributed by atoms with Crippen LogP contribution in [-0.4, -0.2) is 167 Å². The standard InChI is InChI=1S/C41H67N5O5.C39H65NO6.C4H6N4O/c1-24(2)26(5)36(6)17-18-38(8)27-13-14-30-37(7)20-50-22-41(30,28(27)15-16-39(38,9)31(36)35(48)49)19-29(46-33(34(47)42-11)44-23-45-46)32(37)51-21-40(10,43-12)25(3)4;1-23(2)25(5)34(7)17-18-36(9)27-13-14-30-35(8)20-44-22-39(30,28(27)15-16-37(36,10)31(34)33(42)43)19-29(46-26(6)41)32(35)45-21-38(11,40-12)24(3)4;1-5-4(9)3-6-2-7-8-3/h15,23-27,29-32,43H,13-14,16-22H2,1-12H3,(H,42,47)(H,48,49);15,23-25,27,29-32,40H,13-14,16-22H2,1-12H3,(H,42,43);2H,1H3,(H,5,9)(H,6,7,8)/t26-,27+,29-,30+,31-,32+,36-,37-,38-,39+,40+,41+;25-,27+,29-,30+,31-,32+,34-,35-,36-,37+,38+,39+;/m11./s1. The smallest absolute Gasteiger partial charge is 0.307 e. The van der Waals surface area contributed by atoms with Crippen molar-refractivity contribution < 1.29 is 57.9 Å². The normalized spacial score (nSPS) is 40.8. The molecule has 8 aliphatic carbocycles. The molecule has 2 aliphatic heterocycles. The summed E-state index contributed by atoms with van der Waals surface area (Å²) in [5, 5.41) is 44.9. The first-order chi connectivity index (χ1) is 49.4. The second-order valence-corrected chi connectivity index (χ2v) is 38.9. The van der Waals surface area contributed by atoms with Gasteiger partial charge in [0.25, 0.3) is 11.8 Å². The van der Waals surface area contributed by atoms with Crippen molar-refractivity contribution in [3.05, 3.63) is 47.6 Å². The molecular formula is C84H138N10O12. The number of amides is 2. The average Bonchev–Trinajstić information content (AvgIpc) is 0.686. The topological polar surface area (TPSA) is 292 Å². The van der Waals surface area contributed by atoms with E-state index in [4.69, 9.17) is 28.8 Å². The molecule has 22 nitrogen and oxygen atoms in total. The first kappa shape index (κ1) is 83.3. The Bertz CT molecular complexity index is 3600. The number of rotatable bonds is 20. The third-order valence-corrected chi connectivity index (χ3v) is 33.5. The van der Waals surface area contributed by atoms with Crippen LogP contribution in [0.4, 0.5) is 0 Å². The Kier molecular flexibility index (Phi) is 23.5. The van der Waals surface area contributed by atoms with Gasteiger partial charge in [0, 0.05) is 53.8 Å². The van der Waals surface area contributed by atoms with Crippen LogP contribution in [0, 0.1) is 125 Å². The Hall–Kier alpha value is -5.13. The molecule has 12 rings (SSSR count). The fourth-order valence-electron chi connectivity index (χ4n) is 25.1. The van der Waals surface area contributed by atoms with Gasteiger partial charge in [-0.1, -0.05) is 148 Å². The Morgan fingerprint density at radius 1 is 0.594 bits per heavy atom. The fourth-order valence-corrected chi connectivity index (χ4v) is 25.1. The van der Waals surface area contributed by atoms with Crippen LogP contribution in [0.1, 0.15) is 250 Å². The van der Waals surface area contributed by atoms with Gasteiger partial charge >= 0.3 is 17.9 Å². The van der Waals surface area contributed by atoms with E-state index in [0.717, 1.165) is 70.6 Å². The second-order valence-electron chi connectivity index (χ2n) is 38.9. The third-order valence-electron chi connectivity index (χ3n) is 33.5. The number of esters is 1. The number of allylic oxidation sites excluding steroid dienone is 2. The largest absolute Gasteiger partial charge is 0.481 e. The van der Waals surface area contributed by atoms with Gasteiger partial charge in [-0.05, 0) is 197 Å². The van der Waals surface area contributed by atoms with Crippen LogP contribution < -0.4 is 21.3 Å². The number of carbonyl (C=O) groups is 5. The van der Waals surface area contributed by atoms with Crippen molar-refractivity contribution in [1.29, 1.82) is 0 Å². The lowest BCUT2D eigenvalue weighted by molar-refractivity contribution is -0.269. The summed E-state index contributed by atoms with van der Waals surface area (Å²) in [6.07, 6.45) is 17.8. The van der Waals surface area contributed by atoms with Crippen LogP contribution in [-0.2, 0) is 38.1 Å². The SMILES string of the molecule is CNC(=O)c1ncn[nH]1.CNC(=O)c1ncnn1[C@@H]1C[C@@]23COC[C@](C)([C@@H]2CC[C@H]2C3=CC[C@@]3(C)[C@H](C(=O)O)[C@@](C)([C@H](C)C(C)C)CC[C@]23C)[C@H]1OC[C@](C)(NC)C(C)C.CN[C@@](C)(CO[C@H]1[C@H](OC(C)=O)C[C@@]23COC[C@]1(C)[C@@H]2CC[C@H]1C3=CC[C@@]2(C)[C@H](C(=O)O)[C@@](C)([C@H](C)C(C)C)CC[C@]12C)C(C)C. The summed E-state index contributed by atoms with van der Waals surface area (Å²) in [5.41, 5.74) is -0.411. The lowest BCUT2D eigenvalue weighted by atomic mass is 9.34. The molecule has 24 atom stereocenters. The molecule has 2 amide bonds. The highest BCUT2D eigenvalue weighted by atomic mass is 16.6. The number of aliphatic carboxylic acids is 2. The second kappa shape index (κ2) is 29.8. The van der Waals surface area contributed by atoms with Gasteiger partial charge in [-0.25, -0.2) is 14.6 Å². The molecular weight excluding hydrogens is 1340 g/mol. The number of carboxylic acids is 2. The lowest BCUT2D eigenvalue weighted by Crippen LogP contribution is -2.70. The first-order valence-electron chi connectivity index (χ1n) is 40.4. The van der Waals surface area contributed by atoms with Gasteiger partial charge in [0.2, 0.25) is 11.6 Å². The van der Waals surface area contributed by atoms with Gasteiger partial charge in [0.1, 0.15) is 24.9 Å². The molecule has 106 heavy (non-hydrogen) atoms. The third kappa shape index (κ3) is 13.0. The minimum Gasteiger partial charge on any atom is -0.481 e. The summed E-state index contributed by atoms with van der Waals surface area (Å²) in [6.45, 7) is 50.3. The van der Waals surface area contributed by atoms with Crippen molar-refractivity contribution in [2.24, 2.45) is 125 Å². The van der Waals surface area contributed by atoms with Crippen LogP contribution >= 0.6 is 0 Å². The molecule has 4 bridgehead atoms. The highest BCUT2D eigenvalue weighted by molar-refractivity contribution is 5.90. The summed E-state index contributed by atoms with van der Waals surface area (Å²) in [7, 11) is 7.15. The minimum absolute atomic E-state index is 0.153. The molecule has 0 spiro atoms. The van der Waals surface area contributed by atoms with E-state index >= 15 is 0 Å². The number of carboxylic acid groups (broad SMARTS) is 2. The zero-order valence-electron chi connectivity index (χ0n) is 69.5. The van der Waals surface area contributed by atoms with Gasteiger partial charge in [-0.2, -0.15) is 10.2 Å². The molecule has 8 fully saturated rings. The van der Waals surface area contributed by atoms with Crippen LogP contribution in [0.2, 0.25) is 0 Å². The minimum atomic E-state index is -0.642. The molecule has 6 saturated carbocycles. The van der Waals surface area contributed by atoms with E-state index in [1.807, 2.05) is 18.8 Å². The summed E-state index contributed by atoms with van der Waals surface area (Å²) >= 11 is 0. The Morgan fingerprint density at radius 2 is 1.04 bits per heavy atom. The number of hydrogen-bond donors (Lipinski definition) is 7. The molecule has 2 saturated heterocycles. The number of aromatic amines is 1. The number of aromatic nitrogens is 6. The van der Waals surface area contributed by atoms with E-state index < -0.39 is 29.2 Å². The fraction of sp³-hybridized carbons (Fsp3) is 0.845. The van der Waals surface area contributed by atoms with Crippen LogP contribution in [0.3, 0.4) is 0 Å². The van der Waals surface area contributed by atoms with Crippen molar-refractivity contribution in [2.75, 3.05) is 67.8 Å². The van der Waals surface area contributed by atoms with Crippen molar-refractivity contribution in [2.45, 2.75) is 258 Å². The molecule has 4 heterocycles. The quantitative estimate of drug-likeness (QED) is 0.0479. The molecule has 0 unspecified atom stereocenters. The van der Waals surface area contributed by atoms with Crippen LogP contribution in [0.15, 0.2) is 36.0 Å². The predicted octanol–water partition coefficient (Wildman–Crippen LogP) is 13.5. The van der Waals surface area contributed by atoms with Crippen molar-refractivity contribution in [3.8, 4) is 0 Å². The molecule has 2 aromatic rings. The van der Waals surface area contributed by atoms with Gasteiger partial charge < -0.3 is 55.2 Å². The van der Waals surface area contributed by atoms with Crippen molar-refractivity contribution in [1.82, 2.24) is 51.2 Å². The molecule has 2 aromatic heterocycles. The number of carbonyl (C=O) groups excluding carboxylic acids is 3. The van der Waals surface area contributed by atoms with E-state index in [1.54, 1.807) is 7.05 Å². The first-order valence-corrected chi connectivity index (χ1v) is 40.4. The van der Waals surface area contributed by atoms with Gasteiger partial charge in [-0.15, -0.1) is 0 Å². The van der Waals surface area contributed by atoms with E-state index in [-0.39, 0.29) is 120 Å². The van der Waals surface area contributed by atoms with Crippen LogP contribution in [0.25, 0.3) is 0 Å². The zero-order valence-corrected chi connectivity index (χ0v) is 69.5. The summed E-state index contributed by atoms with van der Waals surface area (Å²) in [6, 6.07) is -0.243. The highest BCUT2D eigenvalue weighted by Crippen LogP contribution is 2.78. The molecule has 22 heteroatoms. The van der Waals surface area contributed by atoms with Crippen LogP contribution in [0.5, 0.6) is 0 Å². The maximum absolute atomic E-state index is 13.5.